The van der Waals surface area contributed by atoms with E-state index < -0.39 is 0 Å². The molecule has 1 aromatic heterocycles. The van der Waals surface area contributed by atoms with Crippen molar-refractivity contribution in [1.82, 2.24) is 20.4 Å². The average molecular weight is 373 g/mol. The molecule has 0 spiro atoms. The van der Waals surface area contributed by atoms with E-state index in [-0.39, 0.29) is 23.4 Å². The molecule has 1 N–H and O–H groups in total. The van der Waals surface area contributed by atoms with Gasteiger partial charge >= 0.3 is 6.03 Å². The second kappa shape index (κ2) is 6.49. The first-order valence-electron chi connectivity index (χ1n) is 10.9. The van der Waals surface area contributed by atoms with Crippen LogP contribution < -0.4 is 5.32 Å². The van der Waals surface area contributed by atoms with Gasteiger partial charge in [-0.05, 0) is 69.1 Å². The molecule has 4 bridgehead atoms. The van der Waals surface area contributed by atoms with Gasteiger partial charge < -0.3 is 14.6 Å². The third kappa shape index (κ3) is 3.25. The molecule has 1 aromatic rings. The summed E-state index contributed by atoms with van der Waals surface area (Å²) >= 11 is 0. The summed E-state index contributed by atoms with van der Waals surface area (Å²) in [5.74, 6) is 4.58. The number of hydrogen-bond donors (Lipinski definition) is 1. The average Bonchev–Trinajstić information content (AvgIpc) is 3.10. The quantitative estimate of drug-likeness (QED) is 0.869. The summed E-state index contributed by atoms with van der Waals surface area (Å²) in [6.45, 7) is 5.69. The largest absolute Gasteiger partial charge is 0.425 e. The van der Waals surface area contributed by atoms with Crippen molar-refractivity contribution in [2.24, 2.45) is 17.8 Å². The van der Waals surface area contributed by atoms with Crippen LogP contribution in [0, 0.1) is 17.8 Å². The number of nitrogens with zero attached hydrogens (tertiary/aromatic N) is 3. The van der Waals surface area contributed by atoms with Gasteiger partial charge in [0.15, 0.2) is 0 Å². The molecule has 148 valence electrons. The summed E-state index contributed by atoms with van der Waals surface area (Å²) in [5.41, 5.74) is 0.0985. The van der Waals surface area contributed by atoms with E-state index in [4.69, 9.17) is 4.42 Å². The fraction of sp³-hybridized carbons (Fsp3) is 0.857. The van der Waals surface area contributed by atoms with E-state index >= 15 is 0 Å². The smallest absolute Gasteiger partial charge is 0.317 e. The lowest BCUT2D eigenvalue weighted by Gasteiger charge is -2.57. The zero-order valence-corrected chi connectivity index (χ0v) is 16.6. The minimum atomic E-state index is 0.0985. The van der Waals surface area contributed by atoms with Crippen LogP contribution in [0.4, 0.5) is 4.79 Å². The van der Waals surface area contributed by atoms with Crippen molar-refractivity contribution < 1.29 is 9.21 Å². The van der Waals surface area contributed by atoms with E-state index in [0.717, 1.165) is 49.6 Å². The zero-order valence-electron chi connectivity index (χ0n) is 16.6. The molecule has 5 fully saturated rings. The molecule has 6 nitrogen and oxygen atoms in total. The first kappa shape index (κ1) is 17.5. The number of amides is 2. The maximum Gasteiger partial charge on any atom is 0.317 e. The van der Waals surface area contributed by atoms with Crippen molar-refractivity contribution in [1.29, 1.82) is 0 Å². The number of piperidine rings is 1. The Morgan fingerprint density at radius 3 is 2.19 bits per heavy atom. The van der Waals surface area contributed by atoms with Gasteiger partial charge in [0.05, 0.1) is 0 Å². The molecule has 2 heterocycles. The van der Waals surface area contributed by atoms with Crippen LogP contribution in [0.25, 0.3) is 0 Å². The Morgan fingerprint density at radius 2 is 1.67 bits per heavy atom. The van der Waals surface area contributed by atoms with Crippen LogP contribution in [-0.2, 0) is 0 Å². The van der Waals surface area contributed by atoms with E-state index in [1.165, 1.54) is 38.5 Å². The van der Waals surface area contributed by atoms with Gasteiger partial charge in [0.1, 0.15) is 0 Å². The number of hydrogen-bond acceptors (Lipinski definition) is 4. The van der Waals surface area contributed by atoms with Crippen LogP contribution in [0.15, 0.2) is 4.42 Å². The topological polar surface area (TPSA) is 71.3 Å². The summed E-state index contributed by atoms with van der Waals surface area (Å²) in [6, 6.07) is 0.156. The van der Waals surface area contributed by atoms with Crippen LogP contribution in [0.5, 0.6) is 0 Å². The molecule has 6 rings (SSSR count). The maximum atomic E-state index is 13.0. The lowest BCUT2D eigenvalue weighted by atomic mass is 9.53. The molecule has 0 unspecified atom stereocenters. The molecule has 0 radical (unpaired) electrons. The first-order valence-corrected chi connectivity index (χ1v) is 10.9. The van der Waals surface area contributed by atoms with Gasteiger partial charge in [0.25, 0.3) is 0 Å². The van der Waals surface area contributed by atoms with Crippen molar-refractivity contribution in [3.05, 3.63) is 11.8 Å². The SMILES string of the molecule is CC(C)c1nnc(C2CCN(C(=O)NC34CC5CC(CC(C5)C3)C4)CC2)o1. The van der Waals surface area contributed by atoms with Crippen molar-refractivity contribution >= 4 is 6.03 Å². The number of urea groups is 1. The molecule has 1 saturated heterocycles. The number of aromatic nitrogens is 2. The number of rotatable bonds is 3. The van der Waals surface area contributed by atoms with Gasteiger partial charge in [-0.15, -0.1) is 10.2 Å². The van der Waals surface area contributed by atoms with Gasteiger partial charge in [-0.1, -0.05) is 13.8 Å². The molecule has 0 atom stereocenters. The minimum absolute atomic E-state index is 0.0985. The van der Waals surface area contributed by atoms with Gasteiger partial charge in [0.2, 0.25) is 11.8 Å². The molecular weight excluding hydrogens is 340 g/mol. The fourth-order valence-corrected chi connectivity index (χ4v) is 6.54. The van der Waals surface area contributed by atoms with Gasteiger partial charge in [-0.2, -0.15) is 0 Å². The molecule has 2 amide bonds. The summed E-state index contributed by atoms with van der Waals surface area (Å²) < 4.78 is 5.83. The zero-order chi connectivity index (χ0) is 18.6. The Morgan fingerprint density at radius 1 is 1.07 bits per heavy atom. The van der Waals surface area contributed by atoms with Crippen molar-refractivity contribution in [2.45, 2.75) is 82.6 Å². The summed E-state index contributed by atoms with van der Waals surface area (Å²) in [7, 11) is 0. The standard InChI is InChI=1S/C21H32N4O2/c1-13(2)18-23-24-19(27-18)17-3-5-25(6-4-17)20(26)22-21-10-14-7-15(11-21)9-16(8-14)12-21/h13-17H,3-12H2,1-2H3,(H,22,26). The maximum absolute atomic E-state index is 13.0. The van der Waals surface area contributed by atoms with Crippen molar-refractivity contribution in [2.75, 3.05) is 13.1 Å². The summed E-state index contributed by atoms with van der Waals surface area (Å²) in [6.07, 6.45) is 9.67. The van der Waals surface area contributed by atoms with Crippen molar-refractivity contribution in [3.8, 4) is 0 Å². The van der Waals surface area contributed by atoms with Gasteiger partial charge in [-0.25, -0.2) is 4.79 Å². The van der Waals surface area contributed by atoms with E-state index in [1.54, 1.807) is 0 Å². The highest BCUT2D eigenvalue weighted by Crippen LogP contribution is 2.55. The van der Waals surface area contributed by atoms with Crippen LogP contribution in [0.3, 0.4) is 0 Å². The van der Waals surface area contributed by atoms with E-state index in [0.29, 0.717) is 5.89 Å². The molecule has 6 heteroatoms. The monoisotopic (exact) mass is 372 g/mol. The highest BCUT2D eigenvalue weighted by atomic mass is 16.4. The number of carbonyl (C=O) groups is 1. The highest BCUT2D eigenvalue weighted by molar-refractivity contribution is 5.75. The summed E-state index contributed by atoms with van der Waals surface area (Å²) in [4.78, 5) is 15.0. The predicted octanol–water partition coefficient (Wildman–Crippen LogP) is 4.05. The van der Waals surface area contributed by atoms with Crippen molar-refractivity contribution in [3.63, 3.8) is 0 Å². The number of likely N-dealkylation sites (tertiary alicyclic amines) is 1. The van der Waals surface area contributed by atoms with Crippen LogP contribution in [0.1, 0.15) is 88.8 Å². The van der Waals surface area contributed by atoms with Crippen LogP contribution >= 0.6 is 0 Å². The number of carbonyl (C=O) groups excluding carboxylic acids is 1. The molecule has 4 aliphatic carbocycles. The molecule has 0 aromatic carbocycles. The Kier molecular flexibility index (Phi) is 4.21. The normalized spacial score (nSPS) is 35.8. The first-order chi connectivity index (χ1) is 13.0. The van der Waals surface area contributed by atoms with E-state index in [1.807, 2.05) is 4.90 Å². The van der Waals surface area contributed by atoms with E-state index in [9.17, 15) is 4.79 Å². The Bertz CT molecular complexity index is 670. The van der Waals surface area contributed by atoms with Gasteiger partial charge in [0, 0.05) is 30.5 Å². The fourth-order valence-electron chi connectivity index (χ4n) is 6.54. The van der Waals surface area contributed by atoms with Crippen LogP contribution in [-0.4, -0.2) is 39.8 Å². The lowest BCUT2D eigenvalue weighted by molar-refractivity contribution is -0.0160. The summed E-state index contributed by atoms with van der Waals surface area (Å²) in [5, 5.41) is 11.9. The highest BCUT2D eigenvalue weighted by Gasteiger charge is 2.51. The molecular formula is C21H32N4O2. The molecule has 5 aliphatic rings. The van der Waals surface area contributed by atoms with E-state index in [2.05, 4.69) is 29.4 Å². The molecule has 27 heavy (non-hydrogen) atoms. The predicted molar refractivity (Wildman–Crippen MR) is 101 cm³/mol. The lowest BCUT2D eigenvalue weighted by Crippen LogP contribution is -2.62. The third-order valence-electron chi connectivity index (χ3n) is 7.49. The van der Waals surface area contributed by atoms with Gasteiger partial charge in [-0.3, -0.25) is 0 Å². The Balaban J connectivity index is 1.18. The third-order valence-corrected chi connectivity index (χ3v) is 7.49. The molecule has 4 saturated carbocycles. The second-order valence-electron chi connectivity index (χ2n) is 10.0. The second-order valence-corrected chi connectivity index (χ2v) is 10.0. The Labute approximate surface area is 161 Å². The molecule has 1 aliphatic heterocycles. The Hall–Kier alpha value is -1.59. The minimum Gasteiger partial charge on any atom is -0.425 e. The number of nitrogens with one attached hydrogen (secondary N) is 1. The van der Waals surface area contributed by atoms with Crippen LogP contribution in [0.2, 0.25) is 0 Å².